The molecule has 0 aliphatic rings. The summed E-state index contributed by atoms with van der Waals surface area (Å²) in [6.45, 7) is 4.68. The van der Waals surface area contributed by atoms with Gasteiger partial charge in [0.05, 0.1) is 13.2 Å². The number of unbranched alkanes of at least 4 members (excludes halogenated alkanes) is 1. The van der Waals surface area contributed by atoms with Crippen molar-refractivity contribution in [3.05, 3.63) is 24.5 Å². The zero-order valence-electron chi connectivity index (χ0n) is 8.20. The van der Waals surface area contributed by atoms with Gasteiger partial charge in [-0.25, -0.2) is 0 Å². The molecule has 0 aliphatic carbocycles. The Bertz CT molecular complexity index is 197. The van der Waals surface area contributed by atoms with Crippen molar-refractivity contribution in [1.29, 1.82) is 0 Å². The van der Waals surface area contributed by atoms with Gasteiger partial charge in [-0.15, -0.1) is 0 Å². The molecular weight excluding hydrogens is 164 g/mol. The molecule has 0 saturated heterocycles. The predicted molar refractivity (Wildman–Crippen MR) is 54.4 cm³/mol. The summed E-state index contributed by atoms with van der Waals surface area (Å²) in [6.07, 6.45) is 6.31. The van der Waals surface area contributed by atoms with Gasteiger partial charge in [-0.05, 0) is 18.6 Å². The lowest BCUT2D eigenvalue weighted by molar-refractivity contribution is 0.139. The van der Waals surface area contributed by atoms with Crippen LogP contribution >= 0.6 is 0 Å². The molecule has 0 atom stereocenters. The number of hydrogen-bond acceptors (Lipinski definition) is 2. The molecule has 13 heavy (non-hydrogen) atoms. The zero-order valence-corrected chi connectivity index (χ0v) is 8.20. The van der Waals surface area contributed by atoms with Crippen LogP contribution in [-0.4, -0.2) is 24.4 Å². The fraction of sp³-hybridized carbons (Fsp3) is 0.600. The summed E-state index contributed by atoms with van der Waals surface area (Å²) >= 11 is 0. The smallest absolute Gasteiger partial charge is 0.0655 e. The van der Waals surface area contributed by atoms with Crippen LogP contribution in [0.1, 0.15) is 19.8 Å². The Morgan fingerprint density at radius 2 is 2.00 bits per heavy atom. The van der Waals surface area contributed by atoms with E-state index in [1.54, 1.807) is 0 Å². The van der Waals surface area contributed by atoms with E-state index in [0.29, 0.717) is 0 Å². The first-order chi connectivity index (χ1) is 6.43. The molecule has 74 valence electrons. The molecule has 3 nitrogen and oxygen atoms in total. The Morgan fingerprint density at radius 1 is 1.23 bits per heavy atom. The topological polar surface area (TPSA) is 26.2 Å². The molecule has 0 aromatic carbocycles. The average molecular weight is 182 g/mol. The van der Waals surface area contributed by atoms with Gasteiger partial charge in [0.2, 0.25) is 0 Å². The van der Waals surface area contributed by atoms with E-state index in [9.17, 15) is 0 Å². The fourth-order valence-corrected chi connectivity index (χ4v) is 1.04. The number of ether oxygens (including phenoxy) is 1. The van der Waals surface area contributed by atoms with Crippen LogP contribution in [0, 0.1) is 0 Å². The Labute approximate surface area is 79.7 Å². The average Bonchev–Trinajstić information content (AvgIpc) is 2.63. The van der Waals surface area contributed by atoms with Crippen molar-refractivity contribution in [3.8, 4) is 0 Å². The van der Waals surface area contributed by atoms with E-state index in [1.165, 1.54) is 6.42 Å². The second-order valence-electron chi connectivity index (χ2n) is 2.96. The summed E-state index contributed by atoms with van der Waals surface area (Å²) in [5.41, 5.74) is 3.19. The zero-order chi connectivity index (χ0) is 9.36. The van der Waals surface area contributed by atoms with Gasteiger partial charge < -0.3 is 10.2 Å². The molecule has 0 amide bonds. The third-order valence-electron chi connectivity index (χ3n) is 1.79. The van der Waals surface area contributed by atoms with E-state index in [1.807, 2.05) is 29.2 Å². The van der Waals surface area contributed by atoms with Crippen molar-refractivity contribution < 1.29 is 4.74 Å². The van der Waals surface area contributed by atoms with Gasteiger partial charge >= 0.3 is 0 Å². The van der Waals surface area contributed by atoms with Crippen molar-refractivity contribution in [2.24, 2.45) is 0 Å². The van der Waals surface area contributed by atoms with E-state index in [-0.39, 0.29) is 0 Å². The molecule has 1 heterocycles. The van der Waals surface area contributed by atoms with Crippen LogP contribution in [0.25, 0.3) is 0 Å². The van der Waals surface area contributed by atoms with E-state index in [0.717, 1.165) is 26.2 Å². The van der Waals surface area contributed by atoms with Crippen molar-refractivity contribution in [3.63, 3.8) is 0 Å². The van der Waals surface area contributed by atoms with Gasteiger partial charge in [-0.3, -0.25) is 4.68 Å². The summed E-state index contributed by atoms with van der Waals surface area (Å²) in [5.74, 6) is 0. The Hall–Kier alpha value is -0.960. The van der Waals surface area contributed by atoms with Crippen LogP contribution in [0.3, 0.4) is 0 Å². The van der Waals surface area contributed by atoms with Gasteiger partial charge in [0.1, 0.15) is 0 Å². The largest absolute Gasteiger partial charge is 0.380 e. The Balaban J connectivity index is 1.90. The van der Waals surface area contributed by atoms with Crippen molar-refractivity contribution in [2.45, 2.75) is 19.8 Å². The Morgan fingerprint density at radius 3 is 2.69 bits per heavy atom. The van der Waals surface area contributed by atoms with Crippen LogP contribution in [0.5, 0.6) is 0 Å². The molecule has 0 radical (unpaired) electrons. The fourth-order valence-electron chi connectivity index (χ4n) is 1.04. The predicted octanol–water partition coefficient (Wildman–Crippen LogP) is 1.85. The summed E-state index contributed by atoms with van der Waals surface area (Å²) in [5, 5.41) is 0. The molecule has 0 spiro atoms. The molecular formula is C10H18N2O. The van der Waals surface area contributed by atoms with Crippen molar-refractivity contribution in [1.82, 2.24) is 4.68 Å². The molecule has 1 N–H and O–H groups in total. The lowest BCUT2D eigenvalue weighted by atomic mass is 10.4. The van der Waals surface area contributed by atoms with Gasteiger partial charge in [0.25, 0.3) is 0 Å². The molecule has 0 aliphatic heterocycles. The highest BCUT2D eigenvalue weighted by Crippen LogP contribution is 1.88. The molecule has 0 unspecified atom stereocenters. The maximum Gasteiger partial charge on any atom is 0.0655 e. The van der Waals surface area contributed by atoms with E-state index >= 15 is 0 Å². The molecule has 1 aromatic rings. The van der Waals surface area contributed by atoms with Crippen LogP contribution in [0.4, 0.5) is 0 Å². The first kappa shape index (κ1) is 10.1. The second-order valence-corrected chi connectivity index (χ2v) is 2.96. The SMILES string of the molecule is CCCCOCCNn1cccc1. The minimum atomic E-state index is 0.776. The third kappa shape index (κ3) is 4.58. The van der Waals surface area contributed by atoms with Gasteiger partial charge in [-0.1, -0.05) is 13.3 Å². The highest BCUT2D eigenvalue weighted by Gasteiger charge is 1.88. The monoisotopic (exact) mass is 182 g/mol. The normalized spacial score (nSPS) is 10.2. The van der Waals surface area contributed by atoms with Gasteiger partial charge in [-0.2, -0.15) is 0 Å². The number of nitrogens with one attached hydrogen (secondary N) is 1. The summed E-state index contributed by atoms with van der Waals surface area (Å²) in [4.78, 5) is 0. The van der Waals surface area contributed by atoms with Crippen molar-refractivity contribution in [2.75, 3.05) is 25.2 Å². The first-order valence-corrected chi connectivity index (χ1v) is 4.88. The molecule has 0 saturated carbocycles. The molecule has 0 fully saturated rings. The number of nitrogens with zero attached hydrogens (tertiary/aromatic N) is 1. The van der Waals surface area contributed by atoms with Crippen LogP contribution in [0.2, 0.25) is 0 Å². The quantitative estimate of drug-likeness (QED) is 0.651. The van der Waals surface area contributed by atoms with Crippen LogP contribution in [-0.2, 0) is 4.74 Å². The molecule has 3 heteroatoms. The third-order valence-corrected chi connectivity index (χ3v) is 1.79. The number of rotatable bonds is 7. The highest BCUT2D eigenvalue weighted by atomic mass is 16.5. The summed E-state index contributed by atoms with van der Waals surface area (Å²) in [6, 6.07) is 3.98. The molecule has 0 bridgehead atoms. The summed E-state index contributed by atoms with van der Waals surface area (Å²) < 4.78 is 7.33. The standard InChI is InChI=1S/C10H18N2O/c1-2-3-9-13-10-6-11-12-7-4-5-8-12/h4-5,7-8,11H,2-3,6,9-10H2,1H3. The summed E-state index contributed by atoms with van der Waals surface area (Å²) in [7, 11) is 0. The van der Waals surface area contributed by atoms with Gasteiger partial charge in [0, 0.05) is 19.0 Å². The molecule has 1 rings (SSSR count). The first-order valence-electron chi connectivity index (χ1n) is 4.88. The van der Waals surface area contributed by atoms with E-state index in [2.05, 4.69) is 12.3 Å². The highest BCUT2D eigenvalue weighted by molar-refractivity contribution is 4.92. The number of aromatic nitrogens is 1. The lowest BCUT2D eigenvalue weighted by Crippen LogP contribution is -2.18. The minimum absolute atomic E-state index is 0.776. The van der Waals surface area contributed by atoms with E-state index in [4.69, 9.17) is 4.74 Å². The molecule has 1 aromatic heterocycles. The van der Waals surface area contributed by atoms with Crippen LogP contribution < -0.4 is 5.43 Å². The van der Waals surface area contributed by atoms with E-state index < -0.39 is 0 Å². The maximum atomic E-state index is 5.40. The maximum absolute atomic E-state index is 5.40. The van der Waals surface area contributed by atoms with Crippen LogP contribution in [0.15, 0.2) is 24.5 Å². The van der Waals surface area contributed by atoms with Crippen molar-refractivity contribution >= 4 is 0 Å². The Kier molecular flexibility index (Phi) is 5.10. The second kappa shape index (κ2) is 6.54. The lowest BCUT2D eigenvalue weighted by Gasteiger charge is -2.07. The minimum Gasteiger partial charge on any atom is -0.380 e. The van der Waals surface area contributed by atoms with Gasteiger partial charge in [0.15, 0.2) is 0 Å². The number of hydrogen-bond donors (Lipinski definition) is 1.